The zero-order chi connectivity index (χ0) is 61.9. The number of carbonyl (C=O) groups excluding carboxylic acids is 1. The topological polar surface area (TPSA) is 474 Å². The van der Waals surface area contributed by atoms with Crippen LogP contribution in [0.5, 0.6) is 0 Å². The van der Waals surface area contributed by atoms with Crippen LogP contribution in [0.4, 0.5) is 0 Å². The van der Waals surface area contributed by atoms with Crippen molar-refractivity contribution < 1.29 is 144 Å². The lowest BCUT2D eigenvalue weighted by atomic mass is 9.46. The first-order valence-corrected chi connectivity index (χ1v) is 29.9. The zero-order valence-electron chi connectivity index (χ0n) is 48.1. The first-order valence-electron chi connectivity index (χ1n) is 29.9. The highest BCUT2D eigenvalue weighted by molar-refractivity contribution is 5.87. The molecule has 5 aliphatic heterocycles. The summed E-state index contributed by atoms with van der Waals surface area (Å²) in [6.45, 7) is 3.77. The molecule has 34 atom stereocenters. The number of allylic oxidation sites excluding steroid dienone is 1. The van der Waals surface area contributed by atoms with E-state index in [1.807, 2.05) is 0 Å². The van der Waals surface area contributed by atoms with Crippen LogP contribution in [0.2, 0.25) is 0 Å². The van der Waals surface area contributed by atoms with Crippen molar-refractivity contribution in [2.45, 2.75) is 251 Å². The Balaban J connectivity index is 0.838. The number of Topliss-reactive ketones (excluding diaryl/α,β-unsaturated/α-hetero) is 1. The number of rotatable bonds is 20. The van der Waals surface area contributed by atoms with Crippen molar-refractivity contribution in [1.82, 2.24) is 0 Å². The maximum absolute atomic E-state index is 14.0. The first kappa shape index (κ1) is 67.7. The summed E-state index contributed by atoms with van der Waals surface area (Å²) in [5.41, 5.74) is -1.66. The van der Waals surface area contributed by atoms with E-state index in [0.29, 0.717) is 38.5 Å². The Morgan fingerprint density at radius 1 is 0.600 bits per heavy atom. The molecular weight excluding hydrogens is 1140 g/mol. The summed E-state index contributed by atoms with van der Waals surface area (Å²) < 4.78 is 58.7. The summed E-state index contributed by atoms with van der Waals surface area (Å²) in [4.78, 5) is 14.0. The van der Waals surface area contributed by atoms with Gasteiger partial charge in [-0.15, -0.1) is 0 Å². The predicted molar refractivity (Wildman–Crippen MR) is 281 cm³/mol. The van der Waals surface area contributed by atoms with E-state index in [4.69, 9.17) is 47.4 Å². The molecule has 0 bridgehead atoms. The molecule has 8 fully saturated rings. The summed E-state index contributed by atoms with van der Waals surface area (Å²) in [7, 11) is 0. The number of aliphatic hydroxyl groups is 18. The van der Waals surface area contributed by atoms with Crippen molar-refractivity contribution in [3.05, 3.63) is 11.6 Å². The van der Waals surface area contributed by atoms with E-state index in [2.05, 4.69) is 19.9 Å². The normalized spacial score (nSPS) is 51.4. The Kier molecular flexibility index (Phi) is 21.7. The van der Waals surface area contributed by atoms with Crippen LogP contribution in [-0.4, -0.2) is 303 Å². The summed E-state index contributed by atoms with van der Waals surface area (Å²) in [5, 5.41) is 194. The second kappa shape index (κ2) is 27.2. The molecule has 9 rings (SSSR count). The van der Waals surface area contributed by atoms with Gasteiger partial charge in [0, 0.05) is 12.3 Å². The van der Waals surface area contributed by atoms with Crippen LogP contribution >= 0.6 is 0 Å². The Morgan fingerprint density at radius 3 is 1.79 bits per heavy atom. The molecule has 3 saturated carbocycles. The SMILES string of the molecule is C[C@@H](CCC(=O)[C@](C)(O)[C@H]1[C@@H](O)C[C@H]2[C@@H]3CC=C4C[C@@H](O[C@@H]5O[C@H](CO)[C@H](O[C@@H]6O[C@H](CO)[C@@H](O)[C@H](O[C@@H]7OC[C@@H](O)C(O)[C@H]7O)[C@H]6O[C@@H]6O[C@H](CO)[C@@H](O)[C@H](O)[C@H]6O)[C@H](O)[C@H]5O)CC[C@]4(C)[C@H]3CC[C@@]21C)CO[C@@H]1O[C@H](CO)[C@@H](O)[C@H](O)[C@H]1O. The van der Waals surface area contributed by atoms with E-state index in [0.717, 1.165) is 12.0 Å². The molecule has 0 spiro atoms. The predicted octanol–water partition coefficient (Wildman–Crippen LogP) is -6.61. The molecule has 490 valence electrons. The summed E-state index contributed by atoms with van der Waals surface area (Å²) in [5.74, 6) is -1.21. The Bertz CT molecular complexity index is 2230. The number of hydrogen-bond donors (Lipinski definition) is 18. The highest BCUT2D eigenvalue weighted by Crippen LogP contribution is 2.68. The molecule has 0 amide bonds. The van der Waals surface area contributed by atoms with E-state index >= 15 is 0 Å². The molecule has 1 unspecified atom stereocenters. The molecule has 5 heterocycles. The van der Waals surface area contributed by atoms with Gasteiger partial charge in [0.25, 0.3) is 0 Å². The van der Waals surface area contributed by atoms with Gasteiger partial charge in [0.15, 0.2) is 37.2 Å². The van der Waals surface area contributed by atoms with Gasteiger partial charge in [0.2, 0.25) is 0 Å². The highest BCUT2D eigenvalue weighted by Gasteiger charge is 2.66. The van der Waals surface area contributed by atoms with Crippen molar-refractivity contribution in [2.24, 2.45) is 40.4 Å². The van der Waals surface area contributed by atoms with E-state index in [9.17, 15) is 96.7 Å². The van der Waals surface area contributed by atoms with Gasteiger partial charge in [-0.25, -0.2) is 0 Å². The van der Waals surface area contributed by atoms with Crippen molar-refractivity contribution in [2.75, 3.05) is 39.6 Å². The largest absolute Gasteiger partial charge is 0.394 e. The lowest BCUT2D eigenvalue weighted by Gasteiger charge is -2.59. The van der Waals surface area contributed by atoms with Crippen LogP contribution in [0.1, 0.15) is 85.5 Å². The monoisotopic (exact) mass is 1230 g/mol. The summed E-state index contributed by atoms with van der Waals surface area (Å²) >= 11 is 0. The number of aliphatic hydroxyl groups excluding tert-OH is 17. The van der Waals surface area contributed by atoms with Crippen LogP contribution in [0, 0.1) is 40.4 Å². The Hall–Kier alpha value is -1.71. The van der Waals surface area contributed by atoms with Crippen LogP contribution in [0.3, 0.4) is 0 Å². The lowest BCUT2D eigenvalue weighted by Crippen LogP contribution is -2.68. The van der Waals surface area contributed by atoms with Crippen LogP contribution in [0.25, 0.3) is 0 Å². The van der Waals surface area contributed by atoms with Gasteiger partial charge in [0.05, 0.1) is 51.8 Å². The quantitative estimate of drug-likeness (QED) is 0.0504. The third-order valence-electron chi connectivity index (χ3n) is 20.6. The van der Waals surface area contributed by atoms with Crippen molar-refractivity contribution in [1.29, 1.82) is 0 Å². The molecule has 0 aromatic rings. The molecule has 0 aromatic carbocycles. The average Bonchev–Trinajstić information content (AvgIpc) is 1.80. The number of hydrogen-bond acceptors (Lipinski definition) is 29. The standard InChI is InChI=1S/C56H92O29/c1-21(19-76-49-42(72)38(68)35(65)29(15-57)79-49)5-8-33(63)56(4,75)48-27(61)14-26-24-7-6-22-13-23(9-11-54(22,2)25(24)10-12-55(26,48)3)78-51-44(74)40(70)45(32(18-60)82-51)83-53-47(85-52-43(73)39(69)36(66)30(16-58)80-52)46(37(67)31(17-59)81-53)84-50-41(71)34(64)28(62)20-77-50/h6,21,23-32,34-53,57-62,64-75H,5,7-20H2,1-4H3/t21-,23-,24+,25-,26-,27-,28+,29+,30+,31+,32+,34?,35+,36+,37+,38-,39-,40+,41+,42+,43+,44+,45-,46-,47+,48-,49+,50-,51+,52-,53-,54-,55-,56-/m0/s1. The molecule has 0 radical (unpaired) electrons. The highest BCUT2D eigenvalue weighted by atomic mass is 16.8. The van der Waals surface area contributed by atoms with Gasteiger partial charge in [-0.3, -0.25) is 4.79 Å². The Labute approximate surface area is 491 Å². The molecule has 5 saturated heterocycles. The van der Waals surface area contributed by atoms with Crippen molar-refractivity contribution in [3.8, 4) is 0 Å². The van der Waals surface area contributed by atoms with Gasteiger partial charge in [0.1, 0.15) is 122 Å². The van der Waals surface area contributed by atoms with Gasteiger partial charge in [-0.2, -0.15) is 0 Å². The number of ketones is 1. The molecule has 18 N–H and O–H groups in total. The fraction of sp³-hybridized carbons (Fsp3) is 0.946. The van der Waals surface area contributed by atoms with Crippen LogP contribution in [0.15, 0.2) is 11.6 Å². The minimum absolute atomic E-state index is 0.00147. The first-order chi connectivity index (χ1) is 40.1. The van der Waals surface area contributed by atoms with Crippen molar-refractivity contribution >= 4 is 5.78 Å². The minimum Gasteiger partial charge on any atom is -0.394 e. The second-order valence-corrected chi connectivity index (χ2v) is 26.0. The van der Waals surface area contributed by atoms with Gasteiger partial charge >= 0.3 is 0 Å². The van der Waals surface area contributed by atoms with Crippen LogP contribution < -0.4 is 0 Å². The summed E-state index contributed by atoms with van der Waals surface area (Å²) in [6.07, 6.45) is -36.4. The molecular formula is C56H92O29. The smallest absolute Gasteiger partial charge is 0.187 e. The third kappa shape index (κ3) is 13.0. The fourth-order valence-corrected chi connectivity index (χ4v) is 15.6. The molecule has 0 aromatic heterocycles. The molecule has 29 heteroatoms. The molecule has 9 aliphatic rings. The fourth-order valence-electron chi connectivity index (χ4n) is 15.6. The van der Waals surface area contributed by atoms with E-state index in [1.54, 1.807) is 6.92 Å². The maximum atomic E-state index is 14.0. The summed E-state index contributed by atoms with van der Waals surface area (Å²) in [6, 6.07) is 0. The molecule has 85 heavy (non-hydrogen) atoms. The average molecular weight is 1230 g/mol. The van der Waals surface area contributed by atoms with Crippen molar-refractivity contribution in [3.63, 3.8) is 0 Å². The lowest BCUT2D eigenvalue weighted by molar-refractivity contribution is -0.403. The number of carbonyl (C=O) groups is 1. The number of ether oxygens (including phenoxy) is 10. The number of fused-ring (bicyclic) bond motifs is 5. The maximum Gasteiger partial charge on any atom is 0.187 e. The third-order valence-corrected chi connectivity index (χ3v) is 20.6. The van der Waals surface area contributed by atoms with Gasteiger partial charge in [-0.1, -0.05) is 32.4 Å². The van der Waals surface area contributed by atoms with E-state index in [-0.39, 0.29) is 48.5 Å². The second-order valence-electron chi connectivity index (χ2n) is 26.0. The van der Waals surface area contributed by atoms with E-state index in [1.165, 1.54) is 6.92 Å². The van der Waals surface area contributed by atoms with E-state index < -0.39 is 215 Å². The molecule has 4 aliphatic carbocycles. The Morgan fingerprint density at radius 2 is 1.14 bits per heavy atom. The van der Waals surface area contributed by atoms with Gasteiger partial charge in [-0.05, 0) is 92.8 Å². The minimum atomic E-state index is -2.05. The molecule has 29 nitrogen and oxygen atoms in total. The van der Waals surface area contributed by atoms with Gasteiger partial charge < -0.3 is 139 Å². The van der Waals surface area contributed by atoms with Crippen LogP contribution in [-0.2, 0) is 52.2 Å². The zero-order valence-corrected chi connectivity index (χ0v) is 48.1.